The number of hydrogen-bond donors (Lipinski definition) is 1. The number of fused-ring (bicyclic) bond motifs is 1. The van der Waals surface area contributed by atoms with Gasteiger partial charge < -0.3 is 10.1 Å². The first-order valence-corrected chi connectivity index (χ1v) is 7.75. The molecule has 3 heteroatoms. The largest absolute Gasteiger partial charge is 0.493 e. The Morgan fingerprint density at radius 3 is 2.80 bits per heavy atom. The first-order valence-electron chi connectivity index (χ1n) is 6.96. The van der Waals surface area contributed by atoms with E-state index in [0.717, 1.165) is 29.8 Å². The van der Waals surface area contributed by atoms with Crippen molar-refractivity contribution in [3.05, 3.63) is 63.6 Å². The molecule has 20 heavy (non-hydrogen) atoms. The molecule has 0 fully saturated rings. The molecule has 1 heterocycles. The maximum absolute atomic E-state index is 5.53. The summed E-state index contributed by atoms with van der Waals surface area (Å²) in [6, 6.07) is 15.3. The molecular formula is C17H18BrNO. The highest BCUT2D eigenvalue weighted by Gasteiger charge is 2.12. The zero-order valence-electron chi connectivity index (χ0n) is 11.5. The summed E-state index contributed by atoms with van der Waals surface area (Å²) in [5.74, 6) is 1.05. The summed E-state index contributed by atoms with van der Waals surface area (Å²) in [5.41, 5.74) is 3.96. The summed E-state index contributed by atoms with van der Waals surface area (Å²) >= 11 is 3.47. The lowest BCUT2D eigenvalue weighted by atomic mass is 10.1. The van der Waals surface area contributed by atoms with Crippen molar-refractivity contribution in [2.24, 2.45) is 0 Å². The van der Waals surface area contributed by atoms with E-state index in [1.54, 1.807) is 0 Å². The van der Waals surface area contributed by atoms with Crippen molar-refractivity contribution < 1.29 is 4.74 Å². The van der Waals surface area contributed by atoms with Gasteiger partial charge in [-0.15, -0.1) is 0 Å². The van der Waals surface area contributed by atoms with Gasteiger partial charge in [0, 0.05) is 23.5 Å². The van der Waals surface area contributed by atoms with Crippen molar-refractivity contribution in [3.8, 4) is 5.75 Å². The van der Waals surface area contributed by atoms with Gasteiger partial charge in [0.2, 0.25) is 0 Å². The standard InChI is InChI=1S/C17H18BrNO/c1-12(14-3-5-16(18)6-4-14)19-11-13-2-7-17-15(10-13)8-9-20-17/h2-7,10,12,19H,8-9,11H2,1H3/t12-/m0/s1. The van der Waals surface area contributed by atoms with E-state index in [4.69, 9.17) is 4.74 Å². The number of ether oxygens (including phenoxy) is 1. The minimum atomic E-state index is 0.340. The fourth-order valence-corrected chi connectivity index (χ4v) is 2.75. The van der Waals surface area contributed by atoms with Crippen LogP contribution >= 0.6 is 15.9 Å². The molecule has 0 radical (unpaired) electrons. The van der Waals surface area contributed by atoms with Crippen molar-refractivity contribution in [3.63, 3.8) is 0 Å². The highest BCUT2D eigenvalue weighted by Crippen LogP contribution is 2.26. The SMILES string of the molecule is C[C@H](NCc1ccc2c(c1)CCO2)c1ccc(Br)cc1. The summed E-state index contributed by atoms with van der Waals surface area (Å²) in [7, 11) is 0. The van der Waals surface area contributed by atoms with Crippen LogP contribution in [0.4, 0.5) is 0 Å². The van der Waals surface area contributed by atoms with Crippen LogP contribution in [0.25, 0.3) is 0 Å². The third-order valence-electron chi connectivity index (χ3n) is 3.74. The van der Waals surface area contributed by atoms with Gasteiger partial charge >= 0.3 is 0 Å². The van der Waals surface area contributed by atoms with Gasteiger partial charge in [0.1, 0.15) is 5.75 Å². The van der Waals surface area contributed by atoms with Crippen molar-refractivity contribution in [2.75, 3.05) is 6.61 Å². The average Bonchev–Trinajstić information content (AvgIpc) is 2.93. The van der Waals surface area contributed by atoms with Gasteiger partial charge in [0.25, 0.3) is 0 Å². The zero-order chi connectivity index (χ0) is 13.9. The fraction of sp³-hybridized carbons (Fsp3) is 0.294. The fourth-order valence-electron chi connectivity index (χ4n) is 2.49. The maximum Gasteiger partial charge on any atom is 0.122 e. The lowest BCUT2D eigenvalue weighted by Crippen LogP contribution is -2.18. The molecule has 2 aromatic rings. The van der Waals surface area contributed by atoms with Crippen LogP contribution in [-0.2, 0) is 13.0 Å². The molecule has 0 bridgehead atoms. The number of rotatable bonds is 4. The number of benzene rings is 2. The first kappa shape index (κ1) is 13.7. The predicted molar refractivity (Wildman–Crippen MR) is 85.0 cm³/mol. The Hall–Kier alpha value is -1.32. The molecule has 0 spiro atoms. The summed E-state index contributed by atoms with van der Waals surface area (Å²) in [6.07, 6.45) is 1.03. The summed E-state index contributed by atoms with van der Waals surface area (Å²) < 4.78 is 6.65. The van der Waals surface area contributed by atoms with E-state index in [2.05, 4.69) is 70.6 Å². The van der Waals surface area contributed by atoms with Gasteiger partial charge in [0.15, 0.2) is 0 Å². The normalized spacial score (nSPS) is 14.7. The van der Waals surface area contributed by atoms with Gasteiger partial charge in [-0.3, -0.25) is 0 Å². The van der Waals surface area contributed by atoms with Crippen LogP contribution in [0, 0.1) is 0 Å². The van der Waals surface area contributed by atoms with Gasteiger partial charge in [-0.2, -0.15) is 0 Å². The monoisotopic (exact) mass is 331 g/mol. The molecule has 2 aromatic carbocycles. The molecule has 3 rings (SSSR count). The zero-order valence-corrected chi connectivity index (χ0v) is 13.1. The number of halogens is 1. The van der Waals surface area contributed by atoms with Gasteiger partial charge in [-0.25, -0.2) is 0 Å². The smallest absolute Gasteiger partial charge is 0.122 e. The molecular weight excluding hydrogens is 314 g/mol. The average molecular weight is 332 g/mol. The van der Waals surface area contributed by atoms with E-state index in [-0.39, 0.29) is 0 Å². The molecule has 0 unspecified atom stereocenters. The van der Waals surface area contributed by atoms with E-state index >= 15 is 0 Å². The molecule has 104 valence electrons. The highest BCUT2D eigenvalue weighted by atomic mass is 79.9. The molecule has 1 N–H and O–H groups in total. The van der Waals surface area contributed by atoms with Crippen molar-refractivity contribution in [1.29, 1.82) is 0 Å². The third-order valence-corrected chi connectivity index (χ3v) is 4.26. The van der Waals surface area contributed by atoms with Crippen LogP contribution in [0.3, 0.4) is 0 Å². The number of hydrogen-bond acceptors (Lipinski definition) is 2. The van der Waals surface area contributed by atoms with Gasteiger partial charge in [-0.05, 0) is 41.8 Å². The summed E-state index contributed by atoms with van der Waals surface area (Å²) in [6.45, 7) is 3.89. The van der Waals surface area contributed by atoms with Crippen LogP contribution in [-0.4, -0.2) is 6.61 Å². The Labute approximate surface area is 128 Å². The predicted octanol–water partition coefficient (Wildman–Crippen LogP) is 4.23. The van der Waals surface area contributed by atoms with Crippen LogP contribution in [0.2, 0.25) is 0 Å². The maximum atomic E-state index is 5.53. The molecule has 0 amide bonds. The van der Waals surface area contributed by atoms with E-state index in [1.165, 1.54) is 16.7 Å². The molecule has 1 atom stereocenters. The minimum absolute atomic E-state index is 0.340. The Morgan fingerprint density at radius 1 is 1.20 bits per heavy atom. The van der Waals surface area contributed by atoms with Crippen LogP contribution in [0.5, 0.6) is 5.75 Å². The highest BCUT2D eigenvalue weighted by molar-refractivity contribution is 9.10. The number of nitrogens with one attached hydrogen (secondary N) is 1. The molecule has 1 aliphatic rings. The second-order valence-electron chi connectivity index (χ2n) is 5.19. The molecule has 0 aromatic heterocycles. The Morgan fingerprint density at radius 2 is 2.00 bits per heavy atom. The van der Waals surface area contributed by atoms with E-state index in [0.29, 0.717) is 6.04 Å². The van der Waals surface area contributed by atoms with Crippen molar-refractivity contribution >= 4 is 15.9 Å². The van der Waals surface area contributed by atoms with Crippen LogP contribution in [0.15, 0.2) is 46.9 Å². The first-order chi connectivity index (χ1) is 9.72. The molecule has 2 nitrogen and oxygen atoms in total. The van der Waals surface area contributed by atoms with Gasteiger partial charge in [0.05, 0.1) is 6.61 Å². The molecule has 0 saturated carbocycles. The van der Waals surface area contributed by atoms with Crippen molar-refractivity contribution in [1.82, 2.24) is 5.32 Å². The van der Waals surface area contributed by atoms with Gasteiger partial charge in [-0.1, -0.05) is 40.2 Å². The summed E-state index contributed by atoms with van der Waals surface area (Å²) in [5, 5.41) is 3.57. The Kier molecular flexibility index (Phi) is 4.08. The van der Waals surface area contributed by atoms with E-state index in [9.17, 15) is 0 Å². The second-order valence-corrected chi connectivity index (χ2v) is 6.11. The lowest BCUT2D eigenvalue weighted by molar-refractivity contribution is 0.357. The third kappa shape index (κ3) is 3.05. The Balaban J connectivity index is 1.63. The minimum Gasteiger partial charge on any atom is -0.493 e. The second kappa shape index (κ2) is 5.98. The molecule has 0 aliphatic carbocycles. The quantitative estimate of drug-likeness (QED) is 0.904. The van der Waals surface area contributed by atoms with Crippen molar-refractivity contribution in [2.45, 2.75) is 25.9 Å². The van der Waals surface area contributed by atoms with Crippen LogP contribution < -0.4 is 10.1 Å². The summed E-state index contributed by atoms with van der Waals surface area (Å²) in [4.78, 5) is 0. The lowest BCUT2D eigenvalue weighted by Gasteiger charge is -2.15. The van der Waals surface area contributed by atoms with Crippen LogP contribution in [0.1, 0.15) is 29.7 Å². The molecule has 1 aliphatic heterocycles. The molecule has 0 saturated heterocycles. The Bertz CT molecular complexity index is 594. The van der Waals surface area contributed by atoms with E-state index < -0.39 is 0 Å². The van der Waals surface area contributed by atoms with E-state index in [1.807, 2.05) is 0 Å². The topological polar surface area (TPSA) is 21.3 Å².